The maximum absolute atomic E-state index is 10.6. The standard InChI is InChI=1S/C7H9N3O2/c11-6(12)5-4-10-3-1-2-8-7(10)9-5/h1-2,5H,3-4H2,(H,8,9)(H,11,12). The summed E-state index contributed by atoms with van der Waals surface area (Å²) in [7, 11) is 0. The number of carbonyl (C=O) groups is 1. The van der Waals surface area contributed by atoms with Crippen LogP contribution in [0.15, 0.2) is 17.3 Å². The highest BCUT2D eigenvalue weighted by atomic mass is 16.4. The SMILES string of the molecule is O=C(O)C1CN2CC=CN=C2N1. The summed E-state index contributed by atoms with van der Waals surface area (Å²) in [4.78, 5) is 16.5. The molecule has 2 aliphatic heterocycles. The first-order valence-electron chi connectivity index (χ1n) is 3.74. The summed E-state index contributed by atoms with van der Waals surface area (Å²) in [5.41, 5.74) is 0. The number of aliphatic imine (C=N–C) groups is 1. The first-order valence-corrected chi connectivity index (χ1v) is 3.74. The van der Waals surface area contributed by atoms with E-state index in [4.69, 9.17) is 5.11 Å². The van der Waals surface area contributed by atoms with Gasteiger partial charge in [-0.05, 0) is 6.08 Å². The van der Waals surface area contributed by atoms with Crippen molar-refractivity contribution in [3.8, 4) is 0 Å². The molecule has 0 bridgehead atoms. The van der Waals surface area contributed by atoms with E-state index in [2.05, 4.69) is 10.3 Å². The molecular weight excluding hydrogens is 158 g/mol. The molecule has 1 saturated heterocycles. The van der Waals surface area contributed by atoms with E-state index < -0.39 is 12.0 Å². The number of rotatable bonds is 1. The largest absolute Gasteiger partial charge is 0.480 e. The van der Waals surface area contributed by atoms with Crippen LogP contribution in [0.4, 0.5) is 0 Å². The van der Waals surface area contributed by atoms with Crippen LogP contribution >= 0.6 is 0 Å². The van der Waals surface area contributed by atoms with Crippen molar-refractivity contribution < 1.29 is 9.90 Å². The molecule has 0 amide bonds. The molecule has 1 unspecified atom stereocenters. The minimum Gasteiger partial charge on any atom is -0.480 e. The van der Waals surface area contributed by atoms with E-state index >= 15 is 0 Å². The van der Waals surface area contributed by atoms with Crippen LogP contribution in [0.2, 0.25) is 0 Å². The van der Waals surface area contributed by atoms with E-state index in [1.54, 1.807) is 6.20 Å². The summed E-state index contributed by atoms with van der Waals surface area (Å²) in [5.74, 6) is -0.156. The van der Waals surface area contributed by atoms with Crippen molar-refractivity contribution in [1.82, 2.24) is 10.2 Å². The third kappa shape index (κ3) is 1.03. The fourth-order valence-corrected chi connectivity index (χ4v) is 1.32. The Labute approximate surface area is 69.4 Å². The molecule has 0 aromatic heterocycles. The lowest BCUT2D eigenvalue weighted by Crippen LogP contribution is -2.35. The molecule has 0 saturated carbocycles. The summed E-state index contributed by atoms with van der Waals surface area (Å²) in [6.45, 7) is 1.24. The van der Waals surface area contributed by atoms with Gasteiger partial charge in [-0.25, -0.2) is 9.79 Å². The molecular formula is C7H9N3O2. The Morgan fingerprint density at radius 2 is 2.67 bits per heavy atom. The molecule has 2 aliphatic rings. The lowest BCUT2D eigenvalue weighted by atomic mass is 10.3. The lowest BCUT2D eigenvalue weighted by molar-refractivity contribution is -0.138. The van der Waals surface area contributed by atoms with Gasteiger partial charge < -0.3 is 15.3 Å². The molecule has 0 spiro atoms. The maximum Gasteiger partial charge on any atom is 0.328 e. The number of carboxylic acids is 1. The Balaban J connectivity index is 2.12. The van der Waals surface area contributed by atoms with Crippen molar-refractivity contribution in [3.05, 3.63) is 12.3 Å². The Bertz CT molecular complexity index is 272. The van der Waals surface area contributed by atoms with Crippen molar-refractivity contribution in [2.75, 3.05) is 13.1 Å². The van der Waals surface area contributed by atoms with Crippen LogP contribution in [0.5, 0.6) is 0 Å². The van der Waals surface area contributed by atoms with Gasteiger partial charge in [0.25, 0.3) is 0 Å². The quantitative estimate of drug-likeness (QED) is 0.538. The number of fused-ring (bicyclic) bond motifs is 1. The van der Waals surface area contributed by atoms with Gasteiger partial charge in [-0.3, -0.25) is 0 Å². The van der Waals surface area contributed by atoms with Gasteiger partial charge in [0.15, 0.2) is 5.96 Å². The second-order valence-corrected chi connectivity index (χ2v) is 2.78. The van der Waals surface area contributed by atoms with Gasteiger partial charge in [-0.15, -0.1) is 0 Å². The molecule has 64 valence electrons. The van der Waals surface area contributed by atoms with Gasteiger partial charge in [-0.2, -0.15) is 0 Å². The Hall–Kier alpha value is -1.52. The number of guanidine groups is 1. The normalized spacial score (nSPS) is 26.2. The minimum absolute atomic E-state index is 0.499. The van der Waals surface area contributed by atoms with Crippen LogP contribution in [0.25, 0.3) is 0 Å². The van der Waals surface area contributed by atoms with Gasteiger partial charge >= 0.3 is 5.97 Å². The second kappa shape index (κ2) is 2.51. The van der Waals surface area contributed by atoms with Crippen molar-refractivity contribution in [2.24, 2.45) is 4.99 Å². The number of hydrogen-bond acceptors (Lipinski definition) is 4. The first kappa shape index (κ1) is 7.15. The summed E-state index contributed by atoms with van der Waals surface area (Å²) < 4.78 is 0. The van der Waals surface area contributed by atoms with Gasteiger partial charge in [0, 0.05) is 12.7 Å². The average Bonchev–Trinajstić information content (AvgIpc) is 2.46. The molecule has 5 nitrogen and oxygen atoms in total. The van der Waals surface area contributed by atoms with E-state index in [0.717, 1.165) is 6.54 Å². The van der Waals surface area contributed by atoms with Crippen molar-refractivity contribution in [3.63, 3.8) is 0 Å². The smallest absolute Gasteiger partial charge is 0.328 e. The number of aliphatic carboxylic acids is 1. The van der Waals surface area contributed by atoms with Gasteiger partial charge in [-0.1, -0.05) is 0 Å². The molecule has 0 aromatic carbocycles. The number of hydrogen-bond donors (Lipinski definition) is 2. The number of nitrogens with zero attached hydrogens (tertiary/aromatic N) is 2. The topological polar surface area (TPSA) is 64.9 Å². The number of carboxylic acid groups (broad SMARTS) is 1. The molecule has 1 atom stereocenters. The van der Waals surface area contributed by atoms with Gasteiger partial charge in [0.2, 0.25) is 0 Å². The Kier molecular flexibility index (Phi) is 1.49. The maximum atomic E-state index is 10.6. The van der Waals surface area contributed by atoms with E-state index in [9.17, 15) is 4.79 Å². The third-order valence-electron chi connectivity index (χ3n) is 1.93. The molecule has 0 radical (unpaired) electrons. The molecule has 2 heterocycles. The lowest BCUT2D eigenvalue weighted by Gasteiger charge is -2.16. The van der Waals surface area contributed by atoms with Gasteiger partial charge in [0.05, 0.1) is 6.54 Å². The molecule has 0 aliphatic carbocycles. The van der Waals surface area contributed by atoms with E-state index in [1.807, 2.05) is 11.0 Å². The predicted molar refractivity (Wildman–Crippen MR) is 42.7 cm³/mol. The zero-order chi connectivity index (χ0) is 8.55. The highest BCUT2D eigenvalue weighted by Gasteiger charge is 2.31. The van der Waals surface area contributed by atoms with Crippen LogP contribution in [-0.2, 0) is 4.79 Å². The second-order valence-electron chi connectivity index (χ2n) is 2.78. The molecule has 1 fully saturated rings. The fraction of sp³-hybridized carbons (Fsp3) is 0.429. The highest BCUT2D eigenvalue weighted by Crippen LogP contribution is 2.07. The molecule has 2 rings (SSSR count). The fourth-order valence-electron chi connectivity index (χ4n) is 1.32. The summed E-state index contributed by atoms with van der Waals surface area (Å²) in [6, 6.07) is -0.511. The van der Waals surface area contributed by atoms with Crippen LogP contribution in [0, 0.1) is 0 Å². The first-order chi connectivity index (χ1) is 5.77. The molecule has 5 heteroatoms. The molecule has 2 N–H and O–H groups in total. The minimum atomic E-state index is -0.827. The molecule has 0 aromatic rings. The van der Waals surface area contributed by atoms with Crippen LogP contribution in [-0.4, -0.2) is 41.1 Å². The van der Waals surface area contributed by atoms with E-state index in [1.165, 1.54) is 0 Å². The van der Waals surface area contributed by atoms with Crippen LogP contribution < -0.4 is 5.32 Å². The zero-order valence-electron chi connectivity index (χ0n) is 6.40. The third-order valence-corrected chi connectivity index (χ3v) is 1.93. The van der Waals surface area contributed by atoms with Crippen LogP contribution in [0.3, 0.4) is 0 Å². The van der Waals surface area contributed by atoms with Gasteiger partial charge in [0.1, 0.15) is 6.04 Å². The predicted octanol–water partition coefficient (Wildman–Crippen LogP) is -0.772. The van der Waals surface area contributed by atoms with Crippen LogP contribution in [0.1, 0.15) is 0 Å². The van der Waals surface area contributed by atoms with Crippen molar-refractivity contribution in [2.45, 2.75) is 6.04 Å². The monoisotopic (exact) mass is 167 g/mol. The highest BCUT2D eigenvalue weighted by molar-refractivity contribution is 5.90. The average molecular weight is 167 g/mol. The van der Waals surface area contributed by atoms with Crippen molar-refractivity contribution >= 4 is 11.9 Å². The Morgan fingerprint density at radius 3 is 3.33 bits per heavy atom. The zero-order valence-corrected chi connectivity index (χ0v) is 6.40. The van der Waals surface area contributed by atoms with E-state index in [0.29, 0.717) is 12.5 Å². The Morgan fingerprint density at radius 1 is 1.83 bits per heavy atom. The number of nitrogens with one attached hydrogen (secondary N) is 1. The van der Waals surface area contributed by atoms with E-state index in [-0.39, 0.29) is 0 Å². The summed E-state index contributed by atoms with van der Waals surface area (Å²) >= 11 is 0. The summed E-state index contributed by atoms with van der Waals surface area (Å²) in [6.07, 6.45) is 3.58. The molecule has 12 heavy (non-hydrogen) atoms. The summed E-state index contributed by atoms with van der Waals surface area (Å²) in [5, 5.41) is 11.5. The van der Waals surface area contributed by atoms with Crippen molar-refractivity contribution in [1.29, 1.82) is 0 Å².